The molecule has 0 bridgehead atoms. The highest BCUT2D eigenvalue weighted by Crippen LogP contribution is 2.36. The second-order valence-corrected chi connectivity index (χ2v) is 4.27. The lowest BCUT2D eigenvalue weighted by atomic mass is 9.68. The van der Waals surface area contributed by atoms with Crippen LogP contribution in [0, 0.1) is 11.8 Å². The van der Waals surface area contributed by atoms with Crippen LogP contribution in [0.2, 0.25) is 0 Å². The largest absolute Gasteiger partial charge is 0.329 e. The first kappa shape index (κ1) is 10.0. The Labute approximate surface area is 75.9 Å². The van der Waals surface area contributed by atoms with E-state index in [1.807, 2.05) is 7.05 Å². The molecule has 2 nitrogen and oxygen atoms in total. The van der Waals surface area contributed by atoms with Crippen molar-refractivity contribution in [1.29, 1.82) is 0 Å². The third-order valence-electron chi connectivity index (χ3n) is 3.87. The van der Waals surface area contributed by atoms with Gasteiger partial charge in [-0.05, 0) is 25.3 Å². The van der Waals surface area contributed by atoms with Crippen LogP contribution in [0.3, 0.4) is 0 Å². The van der Waals surface area contributed by atoms with Crippen LogP contribution < -0.4 is 11.1 Å². The van der Waals surface area contributed by atoms with Crippen LogP contribution in [0.1, 0.15) is 33.1 Å². The van der Waals surface area contributed by atoms with Gasteiger partial charge in [-0.3, -0.25) is 0 Å². The molecule has 1 saturated carbocycles. The minimum atomic E-state index is 0.220. The van der Waals surface area contributed by atoms with Gasteiger partial charge in [0.2, 0.25) is 0 Å². The van der Waals surface area contributed by atoms with Crippen molar-refractivity contribution >= 4 is 0 Å². The molecule has 0 spiro atoms. The van der Waals surface area contributed by atoms with E-state index < -0.39 is 0 Å². The third kappa shape index (κ3) is 1.50. The summed E-state index contributed by atoms with van der Waals surface area (Å²) in [4.78, 5) is 0. The number of rotatable bonds is 2. The highest BCUT2D eigenvalue weighted by atomic mass is 15.0. The van der Waals surface area contributed by atoms with Gasteiger partial charge in [0.1, 0.15) is 0 Å². The highest BCUT2D eigenvalue weighted by molar-refractivity contribution is 4.97. The van der Waals surface area contributed by atoms with Gasteiger partial charge in [-0.1, -0.05) is 26.7 Å². The predicted molar refractivity (Wildman–Crippen MR) is 53.0 cm³/mol. The molecule has 0 radical (unpaired) electrons. The normalized spacial score (nSPS) is 43.0. The topological polar surface area (TPSA) is 38.0 Å². The second-order valence-electron chi connectivity index (χ2n) is 4.27. The average molecular weight is 170 g/mol. The third-order valence-corrected chi connectivity index (χ3v) is 3.87. The van der Waals surface area contributed by atoms with Crippen LogP contribution in [0.25, 0.3) is 0 Å². The lowest BCUT2D eigenvalue weighted by Gasteiger charge is -2.45. The van der Waals surface area contributed by atoms with Gasteiger partial charge in [-0.25, -0.2) is 0 Å². The van der Waals surface area contributed by atoms with Crippen LogP contribution >= 0.6 is 0 Å². The van der Waals surface area contributed by atoms with Crippen LogP contribution in [-0.4, -0.2) is 19.1 Å². The molecule has 3 N–H and O–H groups in total. The van der Waals surface area contributed by atoms with E-state index in [0.717, 1.165) is 12.5 Å². The fourth-order valence-corrected chi connectivity index (χ4v) is 2.50. The fraction of sp³-hybridized carbons (Fsp3) is 1.00. The molecular weight excluding hydrogens is 148 g/mol. The number of nitrogens with two attached hydrogens (primary N) is 1. The molecule has 1 fully saturated rings. The summed E-state index contributed by atoms with van der Waals surface area (Å²) in [6, 6.07) is 0. The van der Waals surface area contributed by atoms with Gasteiger partial charge in [-0.15, -0.1) is 0 Å². The van der Waals surface area contributed by atoms with Crippen LogP contribution in [0.4, 0.5) is 0 Å². The maximum Gasteiger partial charge on any atom is 0.0329 e. The molecule has 0 aromatic carbocycles. The van der Waals surface area contributed by atoms with E-state index in [9.17, 15) is 0 Å². The van der Waals surface area contributed by atoms with Crippen molar-refractivity contribution in [2.75, 3.05) is 13.6 Å². The lowest BCUT2D eigenvalue weighted by Crippen LogP contribution is -2.57. The van der Waals surface area contributed by atoms with Crippen LogP contribution in [0.5, 0.6) is 0 Å². The zero-order chi connectivity index (χ0) is 9.19. The summed E-state index contributed by atoms with van der Waals surface area (Å²) in [6.07, 6.45) is 3.93. The first-order valence-corrected chi connectivity index (χ1v) is 5.05. The van der Waals surface area contributed by atoms with Gasteiger partial charge < -0.3 is 11.1 Å². The summed E-state index contributed by atoms with van der Waals surface area (Å²) in [5.41, 5.74) is 6.06. The monoisotopic (exact) mass is 170 g/mol. The Balaban J connectivity index is 2.71. The van der Waals surface area contributed by atoms with E-state index in [4.69, 9.17) is 5.73 Å². The summed E-state index contributed by atoms with van der Waals surface area (Å²) in [7, 11) is 2.04. The number of likely N-dealkylation sites (N-methyl/N-ethyl adjacent to an activating group) is 1. The lowest BCUT2D eigenvalue weighted by molar-refractivity contribution is 0.120. The number of nitrogens with one attached hydrogen (secondary N) is 1. The fourth-order valence-electron chi connectivity index (χ4n) is 2.50. The number of hydrogen-bond donors (Lipinski definition) is 2. The van der Waals surface area contributed by atoms with Gasteiger partial charge in [-0.2, -0.15) is 0 Å². The Bertz CT molecular complexity index is 141. The van der Waals surface area contributed by atoms with E-state index in [-0.39, 0.29) is 5.54 Å². The molecule has 72 valence electrons. The molecule has 1 aliphatic rings. The van der Waals surface area contributed by atoms with Crippen molar-refractivity contribution in [3.8, 4) is 0 Å². The Hall–Kier alpha value is -0.0800. The molecule has 0 aromatic rings. The zero-order valence-electron chi connectivity index (χ0n) is 8.56. The van der Waals surface area contributed by atoms with Crippen molar-refractivity contribution < 1.29 is 0 Å². The quantitative estimate of drug-likeness (QED) is 0.656. The minimum absolute atomic E-state index is 0.220. The minimum Gasteiger partial charge on any atom is -0.329 e. The maximum atomic E-state index is 5.84. The Kier molecular flexibility index (Phi) is 3.13. The Morgan fingerprint density at radius 2 is 2.17 bits per heavy atom. The van der Waals surface area contributed by atoms with Crippen molar-refractivity contribution in [2.24, 2.45) is 17.6 Å². The van der Waals surface area contributed by atoms with Gasteiger partial charge in [0.15, 0.2) is 0 Å². The smallest absolute Gasteiger partial charge is 0.0329 e. The van der Waals surface area contributed by atoms with Crippen molar-refractivity contribution in [3.63, 3.8) is 0 Å². The highest BCUT2D eigenvalue weighted by Gasteiger charge is 2.38. The van der Waals surface area contributed by atoms with Gasteiger partial charge in [0.25, 0.3) is 0 Å². The molecule has 3 unspecified atom stereocenters. The summed E-state index contributed by atoms with van der Waals surface area (Å²) in [5.74, 6) is 1.52. The standard InChI is InChI=1S/C10H22N2/c1-8-5-4-6-10(7-11,12-3)9(8)2/h8-9,12H,4-7,11H2,1-3H3. The molecule has 3 atom stereocenters. The SMILES string of the molecule is CNC1(CN)CCCC(C)C1C. The molecule has 12 heavy (non-hydrogen) atoms. The van der Waals surface area contributed by atoms with E-state index in [1.165, 1.54) is 19.3 Å². The molecule has 0 saturated heterocycles. The number of hydrogen-bond acceptors (Lipinski definition) is 2. The maximum absolute atomic E-state index is 5.84. The molecule has 1 aliphatic carbocycles. The Morgan fingerprint density at radius 1 is 1.50 bits per heavy atom. The zero-order valence-corrected chi connectivity index (χ0v) is 8.56. The second kappa shape index (κ2) is 3.75. The first-order chi connectivity index (χ1) is 5.66. The van der Waals surface area contributed by atoms with E-state index in [0.29, 0.717) is 5.92 Å². The summed E-state index contributed by atoms with van der Waals surface area (Å²) in [5, 5.41) is 3.42. The predicted octanol–water partition coefficient (Wildman–Crippen LogP) is 1.36. The van der Waals surface area contributed by atoms with Crippen molar-refractivity contribution in [2.45, 2.75) is 38.6 Å². The van der Waals surface area contributed by atoms with Gasteiger partial charge in [0, 0.05) is 12.1 Å². The molecule has 1 rings (SSSR count). The van der Waals surface area contributed by atoms with E-state index >= 15 is 0 Å². The van der Waals surface area contributed by atoms with Crippen molar-refractivity contribution in [3.05, 3.63) is 0 Å². The molecule has 0 heterocycles. The average Bonchev–Trinajstić information content (AvgIpc) is 2.11. The van der Waals surface area contributed by atoms with E-state index in [1.54, 1.807) is 0 Å². The summed E-state index contributed by atoms with van der Waals surface area (Å²) in [6.45, 7) is 5.44. The van der Waals surface area contributed by atoms with Crippen molar-refractivity contribution in [1.82, 2.24) is 5.32 Å². The first-order valence-electron chi connectivity index (χ1n) is 5.05. The molecule has 0 amide bonds. The van der Waals surface area contributed by atoms with E-state index in [2.05, 4.69) is 19.2 Å². The Morgan fingerprint density at radius 3 is 2.58 bits per heavy atom. The molecular formula is C10H22N2. The van der Waals surface area contributed by atoms with Gasteiger partial charge in [0.05, 0.1) is 0 Å². The van der Waals surface area contributed by atoms with Gasteiger partial charge >= 0.3 is 0 Å². The summed E-state index contributed by atoms with van der Waals surface area (Å²) < 4.78 is 0. The van der Waals surface area contributed by atoms with Crippen LogP contribution in [0.15, 0.2) is 0 Å². The summed E-state index contributed by atoms with van der Waals surface area (Å²) >= 11 is 0. The molecule has 0 aliphatic heterocycles. The molecule has 2 heteroatoms. The van der Waals surface area contributed by atoms with Crippen LogP contribution in [-0.2, 0) is 0 Å². The molecule has 0 aromatic heterocycles.